The van der Waals surface area contributed by atoms with Gasteiger partial charge in [0.25, 0.3) is 5.91 Å². The maximum absolute atomic E-state index is 13.6. The molecule has 2 aromatic rings. The van der Waals surface area contributed by atoms with Crippen molar-refractivity contribution >= 4 is 5.91 Å². The van der Waals surface area contributed by atoms with Crippen LogP contribution in [-0.2, 0) is 13.0 Å². The Morgan fingerprint density at radius 2 is 1.67 bits per heavy atom. The predicted octanol–water partition coefficient (Wildman–Crippen LogP) is 3.80. The average Bonchev–Trinajstić information content (AvgIpc) is 2.50. The van der Waals surface area contributed by atoms with E-state index >= 15 is 0 Å². The first-order chi connectivity index (χ1) is 10.0. The van der Waals surface area contributed by atoms with Crippen molar-refractivity contribution in [1.29, 1.82) is 0 Å². The molecule has 2 rings (SSSR count). The Morgan fingerprint density at radius 3 is 2.29 bits per heavy atom. The molecule has 0 atom stereocenters. The van der Waals surface area contributed by atoms with Crippen molar-refractivity contribution in [2.75, 3.05) is 7.05 Å². The van der Waals surface area contributed by atoms with Crippen molar-refractivity contribution in [1.82, 2.24) is 4.90 Å². The summed E-state index contributed by atoms with van der Waals surface area (Å²) >= 11 is 0. The summed E-state index contributed by atoms with van der Waals surface area (Å²) in [6.07, 6.45) is 0.948. The Hall–Kier alpha value is -2.23. The van der Waals surface area contributed by atoms with Crippen molar-refractivity contribution in [3.63, 3.8) is 0 Å². The molecule has 4 heteroatoms. The summed E-state index contributed by atoms with van der Waals surface area (Å²) < 4.78 is 26.8. The standard InChI is InChI=1S/C17H17F2NO/c1-3-12-7-9-13(10-8-12)11-20(2)17(21)14-5-4-6-15(18)16(14)19/h4-10H,3,11H2,1-2H3. The van der Waals surface area contributed by atoms with Gasteiger partial charge in [0.15, 0.2) is 11.6 Å². The average molecular weight is 289 g/mol. The zero-order chi connectivity index (χ0) is 15.4. The fourth-order valence-corrected chi connectivity index (χ4v) is 2.10. The van der Waals surface area contributed by atoms with E-state index in [-0.39, 0.29) is 5.56 Å². The maximum Gasteiger partial charge on any atom is 0.256 e. The first-order valence-electron chi connectivity index (χ1n) is 6.80. The molecular weight excluding hydrogens is 272 g/mol. The molecule has 0 unspecified atom stereocenters. The second kappa shape index (κ2) is 6.48. The van der Waals surface area contributed by atoms with Crippen LogP contribution in [0.15, 0.2) is 42.5 Å². The van der Waals surface area contributed by atoms with Crippen molar-refractivity contribution in [2.24, 2.45) is 0 Å². The fourth-order valence-electron chi connectivity index (χ4n) is 2.10. The summed E-state index contributed by atoms with van der Waals surface area (Å²) in [7, 11) is 1.57. The Balaban J connectivity index is 2.13. The van der Waals surface area contributed by atoms with Crippen LogP contribution in [0, 0.1) is 11.6 Å². The molecule has 0 heterocycles. The second-order valence-corrected chi connectivity index (χ2v) is 4.93. The molecule has 0 N–H and O–H groups in total. The van der Waals surface area contributed by atoms with Crippen LogP contribution in [0.4, 0.5) is 8.78 Å². The number of hydrogen-bond donors (Lipinski definition) is 0. The Kier molecular flexibility index (Phi) is 4.68. The number of carbonyl (C=O) groups is 1. The quantitative estimate of drug-likeness (QED) is 0.838. The second-order valence-electron chi connectivity index (χ2n) is 4.93. The lowest BCUT2D eigenvalue weighted by molar-refractivity contribution is 0.0779. The number of benzene rings is 2. The lowest BCUT2D eigenvalue weighted by Crippen LogP contribution is -2.27. The van der Waals surface area contributed by atoms with Gasteiger partial charge in [-0.2, -0.15) is 0 Å². The number of halogens is 2. The van der Waals surface area contributed by atoms with Crippen LogP contribution in [0.25, 0.3) is 0 Å². The van der Waals surface area contributed by atoms with Gasteiger partial charge in [-0.15, -0.1) is 0 Å². The molecule has 0 aliphatic heterocycles. The first-order valence-corrected chi connectivity index (χ1v) is 6.80. The number of carbonyl (C=O) groups excluding carboxylic acids is 1. The van der Waals surface area contributed by atoms with Crippen LogP contribution in [0.3, 0.4) is 0 Å². The highest BCUT2D eigenvalue weighted by Gasteiger charge is 2.18. The van der Waals surface area contributed by atoms with E-state index in [0.717, 1.165) is 18.1 Å². The topological polar surface area (TPSA) is 20.3 Å². The minimum absolute atomic E-state index is 0.248. The van der Waals surface area contributed by atoms with E-state index < -0.39 is 17.5 Å². The Bertz CT molecular complexity index is 638. The zero-order valence-electron chi connectivity index (χ0n) is 12.1. The first kappa shape index (κ1) is 15.2. The van der Waals surface area contributed by atoms with Gasteiger partial charge in [0.1, 0.15) is 0 Å². The van der Waals surface area contributed by atoms with Gasteiger partial charge in [-0.1, -0.05) is 37.3 Å². The summed E-state index contributed by atoms with van der Waals surface area (Å²) in [5, 5.41) is 0. The summed E-state index contributed by atoms with van der Waals surface area (Å²) in [5.74, 6) is -2.65. The summed E-state index contributed by atoms with van der Waals surface area (Å²) in [5.41, 5.74) is 1.91. The molecule has 2 aromatic carbocycles. The van der Waals surface area contributed by atoms with Crippen LogP contribution in [0.2, 0.25) is 0 Å². The van der Waals surface area contributed by atoms with Crippen molar-refractivity contribution in [2.45, 2.75) is 19.9 Å². The predicted molar refractivity (Wildman–Crippen MR) is 78.0 cm³/mol. The lowest BCUT2D eigenvalue weighted by atomic mass is 10.1. The molecule has 0 aromatic heterocycles. The Morgan fingerprint density at radius 1 is 1.05 bits per heavy atom. The van der Waals surface area contributed by atoms with Gasteiger partial charge in [0.2, 0.25) is 0 Å². The van der Waals surface area contributed by atoms with E-state index in [1.165, 1.54) is 22.6 Å². The van der Waals surface area contributed by atoms with Crippen LogP contribution in [0.5, 0.6) is 0 Å². The highest BCUT2D eigenvalue weighted by molar-refractivity contribution is 5.94. The van der Waals surface area contributed by atoms with E-state index in [9.17, 15) is 13.6 Å². The third kappa shape index (κ3) is 3.45. The van der Waals surface area contributed by atoms with Crippen LogP contribution in [0.1, 0.15) is 28.4 Å². The maximum atomic E-state index is 13.6. The Labute approximate surface area is 123 Å². The van der Waals surface area contributed by atoms with Crippen molar-refractivity contribution in [3.05, 3.63) is 70.8 Å². The SMILES string of the molecule is CCc1ccc(CN(C)C(=O)c2cccc(F)c2F)cc1. The zero-order valence-corrected chi connectivity index (χ0v) is 12.1. The molecule has 2 nitrogen and oxygen atoms in total. The van der Waals surface area contributed by atoms with E-state index in [1.807, 2.05) is 24.3 Å². The van der Waals surface area contributed by atoms with Gasteiger partial charge >= 0.3 is 0 Å². The molecule has 0 saturated heterocycles. The van der Waals surface area contributed by atoms with E-state index in [2.05, 4.69) is 6.92 Å². The van der Waals surface area contributed by atoms with Gasteiger partial charge in [0, 0.05) is 13.6 Å². The third-order valence-corrected chi connectivity index (χ3v) is 3.38. The fraction of sp³-hybridized carbons (Fsp3) is 0.235. The van der Waals surface area contributed by atoms with Gasteiger partial charge < -0.3 is 4.90 Å². The molecule has 0 bridgehead atoms. The monoisotopic (exact) mass is 289 g/mol. The third-order valence-electron chi connectivity index (χ3n) is 3.38. The molecule has 0 spiro atoms. The lowest BCUT2D eigenvalue weighted by Gasteiger charge is -2.18. The van der Waals surface area contributed by atoms with Gasteiger partial charge in [0.05, 0.1) is 5.56 Å². The molecule has 0 aliphatic carbocycles. The smallest absolute Gasteiger partial charge is 0.256 e. The summed E-state index contributed by atoms with van der Waals surface area (Å²) in [6.45, 7) is 2.41. The highest BCUT2D eigenvalue weighted by atomic mass is 19.2. The number of aryl methyl sites for hydroxylation is 1. The van der Waals surface area contributed by atoms with E-state index in [0.29, 0.717) is 6.54 Å². The highest BCUT2D eigenvalue weighted by Crippen LogP contribution is 2.15. The van der Waals surface area contributed by atoms with Crippen molar-refractivity contribution in [3.8, 4) is 0 Å². The number of nitrogens with zero attached hydrogens (tertiary/aromatic N) is 1. The van der Waals surface area contributed by atoms with Crippen molar-refractivity contribution < 1.29 is 13.6 Å². The van der Waals surface area contributed by atoms with E-state index in [4.69, 9.17) is 0 Å². The summed E-state index contributed by atoms with van der Waals surface area (Å²) in [4.78, 5) is 13.5. The molecule has 1 amide bonds. The number of amides is 1. The van der Waals surface area contributed by atoms with Crippen LogP contribution in [-0.4, -0.2) is 17.9 Å². The minimum atomic E-state index is -1.10. The minimum Gasteiger partial charge on any atom is -0.337 e. The largest absolute Gasteiger partial charge is 0.337 e. The normalized spacial score (nSPS) is 10.5. The molecule has 0 fully saturated rings. The van der Waals surface area contributed by atoms with Gasteiger partial charge in [-0.05, 0) is 29.7 Å². The number of rotatable bonds is 4. The molecule has 0 aliphatic rings. The molecule has 0 radical (unpaired) electrons. The van der Waals surface area contributed by atoms with Crippen LogP contribution >= 0.6 is 0 Å². The molecule has 21 heavy (non-hydrogen) atoms. The molecule has 0 saturated carbocycles. The molecule has 110 valence electrons. The van der Waals surface area contributed by atoms with Crippen LogP contribution < -0.4 is 0 Å². The van der Waals surface area contributed by atoms with E-state index in [1.54, 1.807) is 7.05 Å². The van der Waals surface area contributed by atoms with Gasteiger partial charge in [-0.25, -0.2) is 8.78 Å². The number of hydrogen-bond acceptors (Lipinski definition) is 1. The summed E-state index contributed by atoms with van der Waals surface area (Å²) in [6, 6.07) is 11.5. The molecular formula is C17H17F2NO. The van der Waals surface area contributed by atoms with Gasteiger partial charge in [-0.3, -0.25) is 4.79 Å².